The standard InChI is InChI=1S/C21H27N3O.HI/c1-2-22-21(24-19-14-18-9-10-20(19)25-18)23-12-11-15-7-8-16-5-3-4-6-17(16)13-15;/h3-8,13,18-20H,2,9-12,14H2,1H3,(H2,22,23,24);1H. The number of nitrogens with zero attached hydrogens (tertiary/aromatic N) is 1. The molecule has 2 aromatic carbocycles. The molecular weight excluding hydrogens is 437 g/mol. The number of hydrogen-bond donors (Lipinski definition) is 2. The normalized spacial score (nSPS) is 24.5. The second-order valence-corrected chi connectivity index (χ2v) is 7.05. The van der Waals surface area contributed by atoms with Crippen molar-refractivity contribution in [3.63, 3.8) is 0 Å². The molecule has 4 nitrogen and oxygen atoms in total. The summed E-state index contributed by atoms with van der Waals surface area (Å²) in [7, 11) is 0. The van der Waals surface area contributed by atoms with E-state index in [-0.39, 0.29) is 24.0 Å². The Morgan fingerprint density at radius 2 is 2.00 bits per heavy atom. The highest BCUT2D eigenvalue weighted by atomic mass is 127. The van der Waals surface area contributed by atoms with Gasteiger partial charge >= 0.3 is 0 Å². The fourth-order valence-corrected chi connectivity index (χ4v) is 3.98. The average molecular weight is 465 g/mol. The molecule has 2 N–H and O–H groups in total. The molecule has 0 aliphatic carbocycles. The average Bonchev–Trinajstić information content (AvgIpc) is 3.25. The van der Waals surface area contributed by atoms with E-state index in [1.807, 2.05) is 0 Å². The third-order valence-electron chi connectivity index (χ3n) is 5.26. The largest absolute Gasteiger partial charge is 0.373 e. The van der Waals surface area contributed by atoms with Gasteiger partial charge in [0.05, 0.1) is 18.2 Å². The first-order chi connectivity index (χ1) is 12.3. The van der Waals surface area contributed by atoms with Crippen molar-refractivity contribution in [2.75, 3.05) is 13.1 Å². The highest BCUT2D eigenvalue weighted by molar-refractivity contribution is 14.0. The van der Waals surface area contributed by atoms with Gasteiger partial charge in [-0.25, -0.2) is 0 Å². The van der Waals surface area contributed by atoms with Crippen LogP contribution in [0.3, 0.4) is 0 Å². The minimum absolute atomic E-state index is 0. The second-order valence-electron chi connectivity index (χ2n) is 7.05. The highest BCUT2D eigenvalue weighted by Gasteiger charge is 2.41. The number of halogens is 1. The van der Waals surface area contributed by atoms with E-state index in [1.165, 1.54) is 29.2 Å². The van der Waals surface area contributed by atoms with Crippen molar-refractivity contribution in [3.8, 4) is 0 Å². The molecule has 2 aliphatic heterocycles. The highest BCUT2D eigenvalue weighted by Crippen LogP contribution is 2.34. The lowest BCUT2D eigenvalue weighted by Crippen LogP contribution is -2.47. The van der Waals surface area contributed by atoms with Crippen LogP contribution < -0.4 is 10.6 Å². The van der Waals surface area contributed by atoms with Crippen LogP contribution >= 0.6 is 24.0 Å². The Labute approximate surface area is 172 Å². The van der Waals surface area contributed by atoms with Crippen LogP contribution in [0.1, 0.15) is 31.7 Å². The Morgan fingerprint density at radius 3 is 2.73 bits per heavy atom. The number of benzene rings is 2. The van der Waals surface area contributed by atoms with Crippen LogP contribution in [0.5, 0.6) is 0 Å². The molecule has 0 spiro atoms. The maximum atomic E-state index is 5.93. The molecule has 0 saturated carbocycles. The Morgan fingerprint density at radius 1 is 1.15 bits per heavy atom. The van der Waals surface area contributed by atoms with Gasteiger partial charge in [0.25, 0.3) is 0 Å². The molecule has 2 heterocycles. The number of fused-ring (bicyclic) bond motifs is 3. The molecule has 0 aromatic heterocycles. The van der Waals surface area contributed by atoms with Gasteiger partial charge in [0.2, 0.25) is 0 Å². The zero-order valence-electron chi connectivity index (χ0n) is 15.3. The molecule has 2 aliphatic rings. The topological polar surface area (TPSA) is 45.7 Å². The molecule has 2 fully saturated rings. The van der Waals surface area contributed by atoms with Gasteiger partial charge < -0.3 is 15.4 Å². The van der Waals surface area contributed by atoms with Crippen molar-refractivity contribution < 1.29 is 4.74 Å². The predicted octanol–water partition coefficient (Wildman–Crippen LogP) is 3.88. The number of ether oxygens (including phenoxy) is 1. The molecule has 0 radical (unpaired) electrons. The minimum Gasteiger partial charge on any atom is -0.373 e. The van der Waals surface area contributed by atoms with E-state index in [9.17, 15) is 0 Å². The molecule has 2 aromatic rings. The van der Waals surface area contributed by atoms with Crippen LogP contribution in [0.25, 0.3) is 10.8 Å². The minimum atomic E-state index is 0. The van der Waals surface area contributed by atoms with E-state index in [1.54, 1.807) is 0 Å². The van der Waals surface area contributed by atoms with E-state index >= 15 is 0 Å². The first-order valence-corrected chi connectivity index (χ1v) is 9.50. The third kappa shape index (κ3) is 4.49. The van der Waals surface area contributed by atoms with Crippen molar-refractivity contribution in [2.45, 2.75) is 50.9 Å². The number of aliphatic imine (C=N–C) groups is 1. The maximum absolute atomic E-state index is 5.93. The molecule has 0 amide bonds. The number of nitrogens with one attached hydrogen (secondary N) is 2. The van der Waals surface area contributed by atoms with E-state index in [0.717, 1.165) is 31.9 Å². The van der Waals surface area contributed by atoms with Gasteiger partial charge in [-0.15, -0.1) is 24.0 Å². The molecule has 3 unspecified atom stereocenters. The van der Waals surface area contributed by atoms with Gasteiger partial charge in [0.1, 0.15) is 0 Å². The molecule has 3 atom stereocenters. The number of guanidine groups is 1. The zero-order chi connectivity index (χ0) is 17.1. The summed E-state index contributed by atoms with van der Waals surface area (Å²) in [4.78, 5) is 4.77. The summed E-state index contributed by atoms with van der Waals surface area (Å²) in [6, 6.07) is 15.6. The molecular formula is C21H28IN3O. The van der Waals surface area contributed by atoms with Gasteiger partial charge in [-0.1, -0.05) is 42.5 Å². The lowest BCUT2D eigenvalue weighted by molar-refractivity contribution is 0.0992. The Bertz CT molecular complexity index is 764. The predicted molar refractivity (Wildman–Crippen MR) is 118 cm³/mol. The quantitative estimate of drug-likeness (QED) is 0.401. The first kappa shape index (κ1) is 19.4. The van der Waals surface area contributed by atoms with Crippen molar-refractivity contribution in [2.24, 2.45) is 4.99 Å². The van der Waals surface area contributed by atoms with Gasteiger partial charge in [0, 0.05) is 13.1 Å². The van der Waals surface area contributed by atoms with Crippen molar-refractivity contribution in [1.29, 1.82) is 0 Å². The van der Waals surface area contributed by atoms with Crippen LogP contribution in [0.15, 0.2) is 47.5 Å². The summed E-state index contributed by atoms with van der Waals surface area (Å²) in [6.45, 7) is 3.77. The lowest BCUT2D eigenvalue weighted by atomic mass is 9.96. The first-order valence-electron chi connectivity index (χ1n) is 9.50. The molecule has 2 bridgehead atoms. The monoisotopic (exact) mass is 465 g/mol. The molecule has 2 saturated heterocycles. The lowest BCUT2D eigenvalue weighted by Gasteiger charge is -2.22. The van der Waals surface area contributed by atoms with Gasteiger partial charge in [-0.2, -0.15) is 0 Å². The molecule has 26 heavy (non-hydrogen) atoms. The van der Waals surface area contributed by atoms with E-state index in [2.05, 4.69) is 60.0 Å². The summed E-state index contributed by atoms with van der Waals surface area (Å²) in [5.74, 6) is 0.921. The summed E-state index contributed by atoms with van der Waals surface area (Å²) in [5, 5.41) is 9.54. The fraction of sp³-hybridized carbons (Fsp3) is 0.476. The van der Waals surface area contributed by atoms with Gasteiger partial charge in [0.15, 0.2) is 5.96 Å². The summed E-state index contributed by atoms with van der Waals surface area (Å²) in [5.41, 5.74) is 1.33. The van der Waals surface area contributed by atoms with E-state index in [0.29, 0.717) is 18.2 Å². The second kappa shape index (κ2) is 9.04. The number of rotatable bonds is 5. The zero-order valence-corrected chi connectivity index (χ0v) is 17.6. The maximum Gasteiger partial charge on any atom is 0.191 e. The smallest absolute Gasteiger partial charge is 0.191 e. The van der Waals surface area contributed by atoms with E-state index in [4.69, 9.17) is 9.73 Å². The van der Waals surface area contributed by atoms with E-state index < -0.39 is 0 Å². The van der Waals surface area contributed by atoms with Gasteiger partial charge in [-0.05, 0) is 48.9 Å². The SMILES string of the molecule is CCNC(=NCCc1ccc2ccccc2c1)NC1CC2CCC1O2.I. The van der Waals surface area contributed by atoms with Crippen molar-refractivity contribution >= 4 is 40.7 Å². The van der Waals surface area contributed by atoms with Crippen molar-refractivity contribution in [3.05, 3.63) is 48.0 Å². The molecule has 5 heteroatoms. The fourth-order valence-electron chi connectivity index (χ4n) is 3.98. The number of hydrogen-bond acceptors (Lipinski definition) is 2. The molecule has 140 valence electrons. The molecule has 4 rings (SSSR count). The third-order valence-corrected chi connectivity index (χ3v) is 5.26. The Balaban J connectivity index is 0.00000196. The summed E-state index contributed by atoms with van der Waals surface area (Å²) in [6.07, 6.45) is 5.29. The van der Waals surface area contributed by atoms with Crippen molar-refractivity contribution in [1.82, 2.24) is 10.6 Å². The van der Waals surface area contributed by atoms with Crippen LogP contribution in [0, 0.1) is 0 Å². The van der Waals surface area contributed by atoms with Crippen LogP contribution in [-0.4, -0.2) is 37.3 Å². The van der Waals surface area contributed by atoms with Crippen LogP contribution in [-0.2, 0) is 11.2 Å². The summed E-state index contributed by atoms with van der Waals surface area (Å²) >= 11 is 0. The van der Waals surface area contributed by atoms with Crippen LogP contribution in [0.4, 0.5) is 0 Å². The summed E-state index contributed by atoms with van der Waals surface area (Å²) < 4.78 is 5.93. The Kier molecular flexibility index (Phi) is 6.75. The Hall–Kier alpha value is -1.34. The van der Waals surface area contributed by atoms with Crippen LogP contribution in [0.2, 0.25) is 0 Å². The van der Waals surface area contributed by atoms with Gasteiger partial charge in [-0.3, -0.25) is 4.99 Å².